The van der Waals surface area contributed by atoms with Gasteiger partial charge in [0.2, 0.25) is 5.91 Å². The van der Waals surface area contributed by atoms with E-state index >= 15 is 0 Å². The summed E-state index contributed by atoms with van der Waals surface area (Å²) in [5.74, 6) is 0.642. The summed E-state index contributed by atoms with van der Waals surface area (Å²) in [5, 5.41) is 6.98. The topological polar surface area (TPSA) is 41.1 Å². The molecule has 4 heteroatoms. The minimum Gasteiger partial charge on any atom is -0.376 e. The molecule has 2 atom stereocenters. The third kappa shape index (κ3) is 4.14. The molecule has 2 rings (SSSR count). The number of halogens is 1. The Kier molecular flexibility index (Phi) is 5.30. The number of benzene rings is 1. The molecule has 0 heterocycles. The number of anilines is 1. The molecule has 1 aromatic carbocycles. The molecule has 1 saturated carbocycles. The van der Waals surface area contributed by atoms with E-state index in [0.717, 1.165) is 17.7 Å². The van der Waals surface area contributed by atoms with Gasteiger partial charge in [-0.1, -0.05) is 37.4 Å². The van der Waals surface area contributed by atoms with Gasteiger partial charge in [-0.2, -0.15) is 0 Å². The maximum Gasteiger partial charge on any atom is 0.239 e. The maximum absolute atomic E-state index is 12.0. The zero-order valence-electron chi connectivity index (χ0n) is 12.2. The van der Waals surface area contributed by atoms with E-state index in [4.69, 9.17) is 11.6 Å². The van der Waals surface area contributed by atoms with Gasteiger partial charge >= 0.3 is 0 Å². The SMILES string of the molecule is Cc1ccc(Cl)cc1NCC(=O)NC1CCCCC1C. The van der Waals surface area contributed by atoms with Crippen LogP contribution < -0.4 is 10.6 Å². The summed E-state index contributed by atoms with van der Waals surface area (Å²) in [6.45, 7) is 4.52. The standard InChI is InChI=1S/C16H23ClN2O/c1-11-5-3-4-6-14(11)19-16(20)10-18-15-9-13(17)8-7-12(15)2/h7-9,11,14,18H,3-6,10H2,1-2H3,(H,19,20). The van der Waals surface area contributed by atoms with Crippen molar-refractivity contribution in [3.8, 4) is 0 Å². The van der Waals surface area contributed by atoms with Crippen molar-refractivity contribution in [2.24, 2.45) is 5.92 Å². The Bertz CT molecular complexity index is 476. The zero-order valence-corrected chi connectivity index (χ0v) is 13.0. The van der Waals surface area contributed by atoms with Crippen molar-refractivity contribution in [3.05, 3.63) is 28.8 Å². The molecular formula is C16H23ClN2O. The van der Waals surface area contributed by atoms with Gasteiger partial charge in [0, 0.05) is 16.8 Å². The molecule has 0 aromatic heterocycles. The van der Waals surface area contributed by atoms with Crippen molar-refractivity contribution in [1.29, 1.82) is 0 Å². The van der Waals surface area contributed by atoms with Crippen LogP contribution >= 0.6 is 11.6 Å². The van der Waals surface area contributed by atoms with Crippen molar-refractivity contribution in [3.63, 3.8) is 0 Å². The highest BCUT2D eigenvalue weighted by molar-refractivity contribution is 6.30. The molecule has 2 unspecified atom stereocenters. The number of hydrogen-bond donors (Lipinski definition) is 2. The van der Waals surface area contributed by atoms with E-state index in [1.165, 1.54) is 19.3 Å². The molecule has 0 spiro atoms. The van der Waals surface area contributed by atoms with Gasteiger partial charge in [-0.25, -0.2) is 0 Å². The Morgan fingerprint density at radius 1 is 1.35 bits per heavy atom. The number of rotatable bonds is 4. The van der Waals surface area contributed by atoms with E-state index < -0.39 is 0 Å². The molecule has 1 fully saturated rings. The highest BCUT2D eigenvalue weighted by atomic mass is 35.5. The van der Waals surface area contributed by atoms with Crippen LogP contribution in [0.5, 0.6) is 0 Å². The summed E-state index contributed by atoms with van der Waals surface area (Å²) in [7, 11) is 0. The van der Waals surface area contributed by atoms with E-state index in [9.17, 15) is 4.79 Å². The molecule has 110 valence electrons. The number of carbonyl (C=O) groups excluding carboxylic acids is 1. The van der Waals surface area contributed by atoms with Gasteiger partial charge in [0.15, 0.2) is 0 Å². The fraction of sp³-hybridized carbons (Fsp3) is 0.562. The van der Waals surface area contributed by atoms with Gasteiger partial charge in [-0.3, -0.25) is 4.79 Å². The van der Waals surface area contributed by atoms with E-state index in [-0.39, 0.29) is 5.91 Å². The van der Waals surface area contributed by atoms with Crippen LogP contribution in [0.1, 0.15) is 38.2 Å². The van der Waals surface area contributed by atoms with Crippen LogP contribution in [0.2, 0.25) is 5.02 Å². The van der Waals surface area contributed by atoms with Crippen LogP contribution in [0, 0.1) is 12.8 Å². The smallest absolute Gasteiger partial charge is 0.239 e. The van der Waals surface area contributed by atoms with E-state index in [0.29, 0.717) is 23.5 Å². The Morgan fingerprint density at radius 2 is 2.10 bits per heavy atom. The number of hydrogen-bond acceptors (Lipinski definition) is 2. The van der Waals surface area contributed by atoms with E-state index in [2.05, 4.69) is 17.6 Å². The van der Waals surface area contributed by atoms with E-state index in [1.807, 2.05) is 25.1 Å². The van der Waals surface area contributed by atoms with Crippen LogP contribution in [0.3, 0.4) is 0 Å². The molecule has 3 nitrogen and oxygen atoms in total. The fourth-order valence-corrected chi connectivity index (χ4v) is 2.92. The zero-order chi connectivity index (χ0) is 14.5. The van der Waals surface area contributed by atoms with Crippen LogP contribution in [0.4, 0.5) is 5.69 Å². The Hall–Kier alpha value is -1.22. The van der Waals surface area contributed by atoms with Crippen molar-refractivity contribution in [1.82, 2.24) is 5.32 Å². The highest BCUT2D eigenvalue weighted by Gasteiger charge is 2.22. The van der Waals surface area contributed by atoms with Crippen molar-refractivity contribution >= 4 is 23.2 Å². The lowest BCUT2D eigenvalue weighted by atomic mass is 9.86. The molecule has 1 amide bonds. The molecule has 0 saturated heterocycles. The molecule has 0 bridgehead atoms. The highest BCUT2D eigenvalue weighted by Crippen LogP contribution is 2.24. The van der Waals surface area contributed by atoms with Gasteiger partial charge < -0.3 is 10.6 Å². The second-order valence-electron chi connectivity index (χ2n) is 5.75. The first kappa shape index (κ1) is 15.2. The Balaban J connectivity index is 1.84. The minimum atomic E-state index is 0.0584. The summed E-state index contributed by atoms with van der Waals surface area (Å²) in [6.07, 6.45) is 4.82. The average molecular weight is 295 g/mol. The lowest BCUT2D eigenvalue weighted by molar-refractivity contribution is -0.120. The molecule has 1 aliphatic rings. The third-order valence-electron chi connectivity index (χ3n) is 4.10. The number of aryl methyl sites for hydroxylation is 1. The lowest BCUT2D eigenvalue weighted by Crippen LogP contribution is -2.43. The molecule has 0 radical (unpaired) electrons. The summed E-state index contributed by atoms with van der Waals surface area (Å²) in [4.78, 5) is 12.0. The molecule has 2 N–H and O–H groups in total. The summed E-state index contributed by atoms with van der Waals surface area (Å²) < 4.78 is 0. The third-order valence-corrected chi connectivity index (χ3v) is 4.33. The Labute approximate surface area is 126 Å². The Morgan fingerprint density at radius 3 is 2.85 bits per heavy atom. The first-order valence-electron chi connectivity index (χ1n) is 7.35. The van der Waals surface area contributed by atoms with Gasteiger partial charge in [-0.05, 0) is 43.4 Å². The largest absolute Gasteiger partial charge is 0.376 e. The second-order valence-corrected chi connectivity index (χ2v) is 6.18. The predicted molar refractivity (Wildman–Crippen MR) is 84.2 cm³/mol. The van der Waals surface area contributed by atoms with Crippen LogP contribution in [-0.4, -0.2) is 18.5 Å². The maximum atomic E-state index is 12.0. The molecule has 20 heavy (non-hydrogen) atoms. The normalized spacial score (nSPS) is 22.4. The van der Waals surface area contributed by atoms with Crippen LogP contribution in [0.25, 0.3) is 0 Å². The van der Waals surface area contributed by atoms with Gasteiger partial charge in [0.05, 0.1) is 6.54 Å². The molecular weight excluding hydrogens is 272 g/mol. The van der Waals surface area contributed by atoms with Gasteiger partial charge in [-0.15, -0.1) is 0 Å². The second kappa shape index (κ2) is 6.98. The molecule has 1 aromatic rings. The molecule has 0 aliphatic heterocycles. The van der Waals surface area contributed by atoms with Crippen molar-refractivity contribution in [2.45, 2.75) is 45.6 Å². The summed E-state index contributed by atoms with van der Waals surface area (Å²) >= 11 is 5.97. The fourth-order valence-electron chi connectivity index (χ4n) is 2.75. The minimum absolute atomic E-state index is 0.0584. The molecule has 1 aliphatic carbocycles. The van der Waals surface area contributed by atoms with Crippen LogP contribution in [-0.2, 0) is 4.79 Å². The monoisotopic (exact) mass is 294 g/mol. The number of carbonyl (C=O) groups is 1. The predicted octanol–water partition coefficient (Wildman–Crippen LogP) is 3.76. The summed E-state index contributed by atoms with van der Waals surface area (Å²) in [5.41, 5.74) is 2.01. The van der Waals surface area contributed by atoms with Gasteiger partial charge in [0.1, 0.15) is 0 Å². The lowest BCUT2D eigenvalue weighted by Gasteiger charge is -2.29. The average Bonchev–Trinajstić information content (AvgIpc) is 2.42. The van der Waals surface area contributed by atoms with Crippen molar-refractivity contribution < 1.29 is 4.79 Å². The first-order chi connectivity index (χ1) is 9.56. The van der Waals surface area contributed by atoms with Gasteiger partial charge in [0.25, 0.3) is 0 Å². The summed E-state index contributed by atoms with van der Waals surface area (Å²) in [6, 6.07) is 5.99. The quantitative estimate of drug-likeness (QED) is 0.888. The number of amides is 1. The number of nitrogens with one attached hydrogen (secondary N) is 2. The van der Waals surface area contributed by atoms with Crippen LogP contribution in [0.15, 0.2) is 18.2 Å². The van der Waals surface area contributed by atoms with Crippen molar-refractivity contribution in [2.75, 3.05) is 11.9 Å². The van der Waals surface area contributed by atoms with E-state index in [1.54, 1.807) is 0 Å². The first-order valence-corrected chi connectivity index (χ1v) is 7.73.